The molecule has 106 valence electrons. The summed E-state index contributed by atoms with van der Waals surface area (Å²) in [5.74, 6) is -0.0458. The molecule has 2 aromatic carbocycles. The molecule has 2 aromatic rings. The van der Waals surface area contributed by atoms with E-state index in [1.54, 1.807) is 6.20 Å². The van der Waals surface area contributed by atoms with Gasteiger partial charge in [-0.25, -0.2) is 0 Å². The number of carbonyl (C=O) groups is 1. The highest BCUT2D eigenvalue weighted by Gasteiger charge is 2.11. The maximum atomic E-state index is 12.2. The van der Waals surface area contributed by atoms with Gasteiger partial charge >= 0.3 is 0 Å². The average molecular weight is 277 g/mol. The minimum absolute atomic E-state index is 0.0458. The largest absolute Gasteiger partial charge is 0.329 e. The minimum Gasteiger partial charge on any atom is -0.329 e. The van der Waals surface area contributed by atoms with Crippen LogP contribution in [-0.2, 0) is 12.8 Å². The van der Waals surface area contributed by atoms with E-state index >= 15 is 0 Å². The molecule has 0 aromatic heterocycles. The Balaban J connectivity index is 1.67. The maximum Gasteiger partial charge on any atom is 0.255 e. The summed E-state index contributed by atoms with van der Waals surface area (Å²) in [5.41, 5.74) is 4.55. The van der Waals surface area contributed by atoms with Crippen LogP contribution in [0.15, 0.2) is 54.7 Å². The Morgan fingerprint density at radius 1 is 0.952 bits per heavy atom. The molecule has 1 aliphatic carbocycles. The summed E-state index contributed by atoms with van der Waals surface area (Å²) in [6, 6.07) is 16.0. The van der Waals surface area contributed by atoms with E-state index in [-0.39, 0.29) is 5.91 Å². The molecule has 0 fully saturated rings. The lowest BCUT2D eigenvalue weighted by molar-refractivity contribution is 0.0970. The summed E-state index contributed by atoms with van der Waals surface area (Å²) in [7, 11) is 0. The SMILES string of the molecule is O=C(N/C=C/c1ccccc1)c1ccc2c(c1)CCCC2. The first-order valence-corrected chi connectivity index (χ1v) is 7.47. The number of rotatable bonds is 3. The lowest BCUT2D eigenvalue weighted by Crippen LogP contribution is -2.17. The normalized spacial score (nSPS) is 13.9. The van der Waals surface area contributed by atoms with Crippen molar-refractivity contribution in [3.63, 3.8) is 0 Å². The zero-order valence-corrected chi connectivity index (χ0v) is 12.0. The lowest BCUT2D eigenvalue weighted by atomic mass is 9.90. The lowest BCUT2D eigenvalue weighted by Gasteiger charge is -2.16. The molecule has 0 saturated heterocycles. The molecule has 0 unspecified atom stereocenters. The highest BCUT2D eigenvalue weighted by molar-refractivity contribution is 5.95. The predicted octanol–water partition coefficient (Wildman–Crippen LogP) is 3.97. The van der Waals surface area contributed by atoms with Crippen LogP contribution in [0, 0.1) is 0 Å². The van der Waals surface area contributed by atoms with E-state index in [1.165, 1.54) is 24.0 Å². The second kappa shape index (κ2) is 6.40. The fraction of sp³-hybridized carbons (Fsp3) is 0.211. The molecule has 0 aliphatic heterocycles. The number of amides is 1. The van der Waals surface area contributed by atoms with Gasteiger partial charge in [0.15, 0.2) is 0 Å². The molecule has 0 atom stereocenters. The van der Waals surface area contributed by atoms with E-state index in [0.717, 1.165) is 24.0 Å². The Bertz CT molecular complexity index is 659. The number of aryl methyl sites for hydroxylation is 2. The van der Waals surface area contributed by atoms with Crippen molar-refractivity contribution in [2.24, 2.45) is 0 Å². The summed E-state index contributed by atoms with van der Waals surface area (Å²) < 4.78 is 0. The number of hydrogen-bond acceptors (Lipinski definition) is 1. The number of carbonyl (C=O) groups excluding carboxylic acids is 1. The maximum absolute atomic E-state index is 12.2. The van der Waals surface area contributed by atoms with E-state index in [1.807, 2.05) is 48.5 Å². The Morgan fingerprint density at radius 2 is 1.71 bits per heavy atom. The van der Waals surface area contributed by atoms with Crippen LogP contribution in [0.3, 0.4) is 0 Å². The summed E-state index contributed by atoms with van der Waals surface area (Å²) in [6.07, 6.45) is 8.33. The van der Waals surface area contributed by atoms with Crippen molar-refractivity contribution in [1.29, 1.82) is 0 Å². The number of hydrogen-bond donors (Lipinski definition) is 1. The highest BCUT2D eigenvalue weighted by atomic mass is 16.1. The van der Waals surface area contributed by atoms with Gasteiger partial charge in [-0.05, 0) is 60.6 Å². The van der Waals surface area contributed by atoms with Crippen molar-refractivity contribution >= 4 is 12.0 Å². The Hall–Kier alpha value is -2.35. The van der Waals surface area contributed by atoms with Crippen LogP contribution in [0.5, 0.6) is 0 Å². The molecule has 0 spiro atoms. The van der Waals surface area contributed by atoms with Gasteiger partial charge in [0.25, 0.3) is 5.91 Å². The van der Waals surface area contributed by atoms with Crippen LogP contribution in [0.25, 0.3) is 6.08 Å². The van der Waals surface area contributed by atoms with Crippen LogP contribution >= 0.6 is 0 Å². The topological polar surface area (TPSA) is 29.1 Å². The molecule has 1 aliphatic rings. The van der Waals surface area contributed by atoms with Gasteiger partial charge in [0.1, 0.15) is 0 Å². The van der Waals surface area contributed by atoms with E-state index in [0.29, 0.717) is 0 Å². The monoisotopic (exact) mass is 277 g/mol. The molecule has 2 heteroatoms. The van der Waals surface area contributed by atoms with E-state index < -0.39 is 0 Å². The molecule has 3 rings (SSSR count). The Morgan fingerprint density at radius 3 is 2.52 bits per heavy atom. The van der Waals surface area contributed by atoms with Gasteiger partial charge in [-0.3, -0.25) is 4.79 Å². The molecule has 0 heterocycles. The summed E-state index contributed by atoms with van der Waals surface area (Å²) in [4.78, 5) is 12.2. The second-order valence-electron chi connectivity index (χ2n) is 5.41. The molecular formula is C19H19NO. The third-order valence-electron chi connectivity index (χ3n) is 3.90. The molecule has 0 saturated carbocycles. The Kier molecular flexibility index (Phi) is 4.15. The first-order valence-electron chi connectivity index (χ1n) is 7.47. The van der Waals surface area contributed by atoms with E-state index in [9.17, 15) is 4.79 Å². The van der Waals surface area contributed by atoms with E-state index in [2.05, 4.69) is 11.4 Å². The van der Waals surface area contributed by atoms with Crippen molar-refractivity contribution in [3.8, 4) is 0 Å². The minimum atomic E-state index is -0.0458. The summed E-state index contributed by atoms with van der Waals surface area (Å²) in [5, 5.41) is 2.83. The highest BCUT2D eigenvalue weighted by Crippen LogP contribution is 2.22. The van der Waals surface area contributed by atoms with Crippen molar-refractivity contribution in [3.05, 3.63) is 77.0 Å². The fourth-order valence-electron chi connectivity index (χ4n) is 2.74. The smallest absolute Gasteiger partial charge is 0.255 e. The van der Waals surface area contributed by atoms with Gasteiger partial charge < -0.3 is 5.32 Å². The molecule has 0 radical (unpaired) electrons. The predicted molar refractivity (Wildman–Crippen MR) is 86.0 cm³/mol. The molecule has 1 amide bonds. The molecule has 0 bridgehead atoms. The zero-order chi connectivity index (χ0) is 14.5. The number of fused-ring (bicyclic) bond motifs is 1. The molecule has 2 nitrogen and oxygen atoms in total. The van der Waals surface area contributed by atoms with Crippen LogP contribution in [0.1, 0.15) is 39.9 Å². The number of nitrogens with one attached hydrogen (secondary N) is 1. The van der Waals surface area contributed by atoms with Crippen molar-refractivity contribution in [2.75, 3.05) is 0 Å². The van der Waals surface area contributed by atoms with Gasteiger partial charge in [-0.1, -0.05) is 36.4 Å². The van der Waals surface area contributed by atoms with Crippen LogP contribution < -0.4 is 5.32 Å². The van der Waals surface area contributed by atoms with Gasteiger partial charge in [-0.2, -0.15) is 0 Å². The molecule has 21 heavy (non-hydrogen) atoms. The first kappa shape index (κ1) is 13.6. The standard InChI is InChI=1S/C19H19NO/c21-19(20-13-12-15-6-2-1-3-7-15)18-11-10-16-8-4-5-9-17(16)14-18/h1-3,6-7,10-14H,4-5,8-9H2,(H,20,21)/b13-12+. The number of benzene rings is 2. The van der Waals surface area contributed by atoms with Gasteiger partial charge in [0.05, 0.1) is 0 Å². The van der Waals surface area contributed by atoms with Crippen LogP contribution in [-0.4, -0.2) is 5.91 Å². The first-order chi connectivity index (χ1) is 10.3. The third kappa shape index (κ3) is 3.40. The Labute approximate surface area is 125 Å². The zero-order valence-electron chi connectivity index (χ0n) is 12.0. The molecule has 1 N–H and O–H groups in total. The van der Waals surface area contributed by atoms with E-state index in [4.69, 9.17) is 0 Å². The summed E-state index contributed by atoms with van der Waals surface area (Å²) >= 11 is 0. The van der Waals surface area contributed by atoms with Crippen molar-refractivity contribution < 1.29 is 4.79 Å². The quantitative estimate of drug-likeness (QED) is 0.903. The van der Waals surface area contributed by atoms with Gasteiger partial charge in [-0.15, -0.1) is 0 Å². The molecular weight excluding hydrogens is 258 g/mol. The summed E-state index contributed by atoms with van der Waals surface area (Å²) in [6.45, 7) is 0. The van der Waals surface area contributed by atoms with Crippen LogP contribution in [0.2, 0.25) is 0 Å². The van der Waals surface area contributed by atoms with Gasteiger partial charge in [0, 0.05) is 11.8 Å². The van der Waals surface area contributed by atoms with Gasteiger partial charge in [0.2, 0.25) is 0 Å². The third-order valence-corrected chi connectivity index (χ3v) is 3.90. The average Bonchev–Trinajstić information content (AvgIpc) is 2.55. The fourth-order valence-corrected chi connectivity index (χ4v) is 2.74. The second-order valence-corrected chi connectivity index (χ2v) is 5.41. The van der Waals surface area contributed by atoms with Crippen molar-refractivity contribution in [1.82, 2.24) is 5.32 Å². The van der Waals surface area contributed by atoms with Crippen LogP contribution in [0.4, 0.5) is 0 Å². The van der Waals surface area contributed by atoms with Crippen molar-refractivity contribution in [2.45, 2.75) is 25.7 Å².